The van der Waals surface area contributed by atoms with Crippen LogP contribution in [0, 0.1) is 20.8 Å². The Labute approximate surface area is 184 Å². The maximum atomic E-state index is 13.1. The van der Waals surface area contributed by atoms with Crippen molar-refractivity contribution in [3.05, 3.63) is 101 Å². The molecular formula is C25H28N2O3S. The highest BCUT2D eigenvalue weighted by molar-refractivity contribution is 7.92. The molecule has 0 spiro atoms. The fraction of sp³-hybridized carbons (Fsp3) is 0.240. The molecule has 3 rings (SSSR count). The fourth-order valence-corrected chi connectivity index (χ4v) is 4.72. The SMILES string of the molecule is Cc1cccc(C(NC(=O)CN(c2c(C)cccc2C)S(C)(=O)=O)c2ccccc2)c1. The predicted octanol–water partition coefficient (Wildman–Crippen LogP) is 4.28. The van der Waals surface area contributed by atoms with Gasteiger partial charge in [-0.1, -0.05) is 78.4 Å². The van der Waals surface area contributed by atoms with Crippen LogP contribution in [0.15, 0.2) is 72.8 Å². The van der Waals surface area contributed by atoms with Gasteiger partial charge in [-0.05, 0) is 43.0 Å². The standard InChI is InChI=1S/C25H28N2O3S/c1-18-10-8-15-22(16-18)24(21-13-6-5-7-14-21)26-23(28)17-27(31(4,29)30)25-19(2)11-9-12-20(25)3/h5-16,24H,17H2,1-4H3,(H,26,28). The van der Waals surface area contributed by atoms with Gasteiger partial charge in [-0.15, -0.1) is 0 Å². The van der Waals surface area contributed by atoms with Gasteiger partial charge in [0.2, 0.25) is 15.9 Å². The molecule has 0 bridgehead atoms. The molecule has 1 N–H and O–H groups in total. The molecule has 0 fully saturated rings. The molecule has 0 aliphatic carbocycles. The zero-order chi connectivity index (χ0) is 22.6. The lowest BCUT2D eigenvalue weighted by molar-refractivity contribution is -0.120. The molecule has 6 heteroatoms. The summed E-state index contributed by atoms with van der Waals surface area (Å²) in [5, 5.41) is 3.04. The third-order valence-corrected chi connectivity index (χ3v) is 6.30. The van der Waals surface area contributed by atoms with E-state index >= 15 is 0 Å². The summed E-state index contributed by atoms with van der Waals surface area (Å²) in [7, 11) is -3.66. The van der Waals surface area contributed by atoms with Crippen LogP contribution in [-0.4, -0.2) is 27.1 Å². The van der Waals surface area contributed by atoms with Crippen LogP contribution in [0.3, 0.4) is 0 Å². The summed E-state index contributed by atoms with van der Waals surface area (Å²) in [6.07, 6.45) is 1.13. The molecule has 1 amide bonds. The van der Waals surface area contributed by atoms with Gasteiger partial charge in [0.25, 0.3) is 0 Å². The van der Waals surface area contributed by atoms with Crippen LogP contribution >= 0.6 is 0 Å². The van der Waals surface area contributed by atoms with Crippen LogP contribution < -0.4 is 9.62 Å². The zero-order valence-corrected chi connectivity index (χ0v) is 19.1. The number of nitrogens with zero attached hydrogens (tertiary/aromatic N) is 1. The molecule has 0 heterocycles. The second-order valence-electron chi connectivity index (χ2n) is 7.84. The number of benzene rings is 3. The normalized spacial score (nSPS) is 12.3. The molecule has 0 aromatic heterocycles. The number of para-hydroxylation sites is 1. The highest BCUT2D eigenvalue weighted by Crippen LogP contribution is 2.27. The minimum absolute atomic E-state index is 0.292. The average Bonchev–Trinajstić information content (AvgIpc) is 2.71. The Morgan fingerprint density at radius 1 is 0.871 bits per heavy atom. The highest BCUT2D eigenvalue weighted by atomic mass is 32.2. The van der Waals surface area contributed by atoms with Crippen molar-refractivity contribution in [3.8, 4) is 0 Å². The van der Waals surface area contributed by atoms with Crippen molar-refractivity contribution in [1.29, 1.82) is 0 Å². The van der Waals surface area contributed by atoms with E-state index in [9.17, 15) is 13.2 Å². The fourth-order valence-electron chi connectivity index (χ4n) is 3.75. The van der Waals surface area contributed by atoms with E-state index in [1.165, 1.54) is 4.31 Å². The molecule has 3 aromatic carbocycles. The van der Waals surface area contributed by atoms with Gasteiger partial charge in [0, 0.05) is 0 Å². The Morgan fingerprint density at radius 2 is 1.45 bits per heavy atom. The molecule has 5 nitrogen and oxygen atoms in total. The summed E-state index contributed by atoms with van der Waals surface area (Å²) in [6.45, 7) is 5.40. The molecule has 0 saturated carbocycles. The van der Waals surface area contributed by atoms with Crippen molar-refractivity contribution in [2.45, 2.75) is 26.8 Å². The average molecular weight is 437 g/mol. The molecule has 1 atom stereocenters. The van der Waals surface area contributed by atoms with Crippen molar-refractivity contribution in [2.24, 2.45) is 0 Å². The number of sulfonamides is 1. The number of aryl methyl sites for hydroxylation is 3. The predicted molar refractivity (Wildman–Crippen MR) is 126 cm³/mol. The third kappa shape index (κ3) is 5.52. The number of rotatable bonds is 7. The minimum atomic E-state index is -3.66. The maximum Gasteiger partial charge on any atom is 0.241 e. The highest BCUT2D eigenvalue weighted by Gasteiger charge is 2.25. The van der Waals surface area contributed by atoms with E-state index in [0.717, 1.165) is 34.1 Å². The summed E-state index contributed by atoms with van der Waals surface area (Å²) >= 11 is 0. The van der Waals surface area contributed by atoms with E-state index in [-0.39, 0.29) is 18.5 Å². The molecule has 0 saturated heterocycles. The lowest BCUT2D eigenvalue weighted by Gasteiger charge is -2.27. The number of anilines is 1. The van der Waals surface area contributed by atoms with Gasteiger partial charge in [-0.3, -0.25) is 9.10 Å². The summed E-state index contributed by atoms with van der Waals surface area (Å²) in [4.78, 5) is 13.1. The zero-order valence-electron chi connectivity index (χ0n) is 18.3. The van der Waals surface area contributed by atoms with Gasteiger partial charge >= 0.3 is 0 Å². The number of carbonyl (C=O) groups excluding carboxylic acids is 1. The van der Waals surface area contributed by atoms with E-state index in [1.54, 1.807) is 0 Å². The van der Waals surface area contributed by atoms with Gasteiger partial charge < -0.3 is 5.32 Å². The number of hydrogen-bond donors (Lipinski definition) is 1. The van der Waals surface area contributed by atoms with E-state index in [1.807, 2.05) is 93.6 Å². The first-order chi connectivity index (χ1) is 14.7. The van der Waals surface area contributed by atoms with E-state index in [4.69, 9.17) is 0 Å². The first-order valence-electron chi connectivity index (χ1n) is 10.1. The quantitative estimate of drug-likeness (QED) is 0.601. The number of hydrogen-bond acceptors (Lipinski definition) is 3. The van der Waals surface area contributed by atoms with E-state index < -0.39 is 10.0 Å². The molecule has 0 aliphatic rings. The van der Waals surface area contributed by atoms with E-state index in [0.29, 0.717) is 5.69 Å². The van der Waals surface area contributed by atoms with Crippen LogP contribution in [-0.2, 0) is 14.8 Å². The van der Waals surface area contributed by atoms with Crippen LogP contribution in [0.4, 0.5) is 5.69 Å². The van der Waals surface area contributed by atoms with Crippen molar-refractivity contribution >= 4 is 21.6 Å². The topological polar surface area (TPSA) is 66.5 Å². The van der Waals surface area contributed by atoms with Crippen LogP contribution in [0.5, 0.6) is 0 Å². The first kappa shape index (κ1) is 22.6. The second-order valence-corrected chi connectivity index (χ2v) is 9.74. The largest absolute Gasteiger partial charge is 0.344 e. The minimum Gasteiger partial charge on any atom is -0.344 e. The van der Waals surface area contributed by atoms with Crippen molar-refractivity contribution in [2.75, 3.05) is 17.1 Å². The van der Waals surface area contributed by atoms with Gasteiger partial charge in [-0.25, -0.2) is 8.42 Å². The maximum absolute atomic E-state index is 13.1. The molecule has 0 aliphatic heterocycles. The van der Waals surface area contributed by atoms with Crippen LogP contribution in [0.25, 0.3) is 0 Å². The number of nitrogens with one attached hydrogen (secondary N) is 1. The number of amides is 1. The van der Waals surface area contributed by atoms with E-state index in [2.05, 4.69) is 5.32 Å². The smallest absolute Gasteiger partial charge is 0.241 e. The molecule has 31 heavy (non-hydrogen) atoms. The Hall–Kier alpha value is -3.12. The molecular weight excluding hydrogens is 408 g/mol. The summed E-state index contributed by atoms with van der Waals surface area (Å²) in [5.74, 6) is -0.372. The number of carbonyl (C=O) groups is 1. The molecule has 0 radical (unpaired) electrons. The van der Waals surface area contributed by atoms with Gasteiger partial charge in [0.05, 0.1) is 18.0 Å². The first-order valence-corrected chi connectivity index (χ1v) is 12.0. The molecule has 1 unspecified atom stereocenters. The van der Waals surface area contributed by atoms with Crippen molar-refractivity contribution < 1.29 is 13.2 Å². The monoisotopic (exact) mass is 436 g/mol. The van der Waals surface area contributed by atoms with Gasteiger partial charge in [0.1, 0.15) is 6.54 Å². The van der Waals surface area contributed by atoms with Gasteiger partial charge in [0.15, 0.2) is 0 Å². The summed E-state index contributed by atoms with van der Waals surface area (Å²) in [6, 6.07) is 22.8. The van der Waals surface area contributed by atoms with Crippen molar-refractivity contribution in [1.82, 2.24) is 5.32 Å². The lowest BCUT2D eigenvalue weighted by Crippen LogP contribution is -2.42. The lowest BCUT2D eigenvalue weighted by atomic mass is 9.97. The van der Waals surface area contributed by atoms with Crippen LogP contribution in [0.1, 0.15) is 33.9 Å². The second kappa shape index (κ2) is 9.35. The Balaban J connectivity index is 1.94. The molecule has 3 aromatic rings. The molecule has 162 valence electrons. The summed E-state index contributed by atoms with van der Waals surface area (Å²) < 4.78 is 26.4. The Kier molecular flexibility index (Phi) is 6.81. The Bertz CT molecular complexity index is 1150. The third-order valence-electron chi connectivity index (χ3n) is 5.19. The van der Waals surface area contributed by atoms with Gasteiger partial charge in [-0.2, -0.15) is 0 Å². The Morgan fingerprint density at radius 3 is 2.03 bits per heavy atom. The van der Waals surface area contributed by atoms with Crippen molar-refractivity contribution in [3.63, 3.8) is 0 Å². The van der Waals surface area contributed by atoms with Crippen LogP contribution in [0.2, 0.25) is 0 Å². The summed E-state index contributed by atoms with van der Waals surface area (Å²) in [5.41, 5.74) is 5.11.